The summed E-state index contributed by atoms with van der Waals surface area (Å²) in [5.74, 6) is 0.672. The fourth-order valence-corrected chi connectivity index (χ4v) is 2.64. The van der Waals surface area contributed by atoms with Gasteiger partial charge in [0.15, 0.2) is 5.89 Å². The van der Waals surface area contributed by atoms with Crippen LogP contribution in [0.5, 0.6) is 0 Å². The average Bonchev–Trinajstić information content (AvgIpc) is 2.66. The lowest BCUT2D eigenvalue weighted by molar-refractivity contribution is 0.0899. The van der Waals surface area contributed by atoms with Crippen LogP contribution in [-0.4, -0.2) is 30.0 Å². The monoisotopic (exact) mass is 301 g/mol. The Morgan fingerprint density at radius 1 is 1.50 bits per heavy atom. The second-order valence-electron chi connectivity index (χ2n) is 5.96. The minimum absolute atomic E-state index is 0. The van der Waals surface area contributed by atoms with Crippen molar-refractivity contribution < 1.29 is 9.21 Å². The molecule has 1 fully saturated rings. The van der Waals surface area contributed by atoms with Gasteiger partial charge in [0.05, 0.1) is 5.69 Å². The Hall–Kier alpha value is -1.07. The molecule has 1 amide bonds. The molecule has 1 aliphatic rings. The zero-order valence-corrected chi connectivity index (χ0v) is 13.4. The van der Waals surface area contributed by atoms with E-state index in [1.165, 1.54) is 12.8 Å². The number of nitrogens with zero attached hydrogens (tertiary/aromatic N) is 1. The molecule has 1 unspecified atom stereocenters. The van der Waals surface area contributed by atoms with Crippen LogP contribution in [0.4, 0.5) is 0 Å². The van der Waals surface area contributed by atoms with Gasteiger partial charge in [-0.25, -0.2) is 4.98 Å². The molecule has 6 heteroatoms. The number of oxazole rings is 1. The van der Waals surface area contributed by atoms with E-state index in [4.69, 9.17) is 4.42 Å². The lowest BCUT2D eigenvalue weighted by Gasteiger charge is -2.39. The van der Waals surface area contributed by atoms with Gasteiger partial charge in [-0.2, -0.15) is 0 Å². The molecule has 2 N–H and O–H groups in total. The fourth-order valence-electron chi connectivity index (χ4n) is 2.64. The Labute approximate surface area is 126 Å². The molecule has 0 radical (unpaired) electrons. The van der Waals surface area contributed by atoms with Gasteiger partial charge in [-0.3, -0.25) is 4.79 Å². The molecule has 1 atom stereocenters. The van der Waals surface area contributed by atoms with Crippen molar-refractivity contribution >= 4 is 18.3 Å². The summed E-state index contributed by atoms with van der Waals surface area (Å²) in [7, 11) is 0. The van der Waals surface area contributed by atoms with E-state index in [-0.39, 0.29) is 23.7 Å². The molecule has 0 saturated carbocycles. The maximum Gasteiger partial charge on any atom is 0.289 e. The van der Waals surface area contributed by atoms with Gasteiger partial charge in [0.1, 0.15) is 0 Å². The summed E-state index contributed by atoms with van der Waals surface area (Å²) < 4.78 is 5.32. The van der Waals surface area contributed by atoms with Crippen molar-refractivity contribution in [2.24, 2.45) is 5.41 Å². The van der Waals surface area contributed by atoms with Crippen LogP contribution in [0.1, 0.15) is 48.8 Å². The molecular weight excluding hydrogens is 278 g/mol. The first-order valence-electron chi connectivity index (χ1n) is 6.86. The zero-order valence-electron chi connectivity index (χ0n) is 12.6. The van der Waals surface area contributed by atoms with Crippen molar-refractivity contribution in [3.8, 4) is 0 Å². The number of nitrogens with one attached hydrogen (secondary N) is 2. The van der Waals surface area contributed by atoms with Crippen LogP contribution in [0, 0.1) is 19.3 Å². The molecule has 1 aromatic heterocycles. The van der Waals surface area contributed by atoms with Gasteiger partial charge >= 0.3 is 0 Å². The molecular formula is C14H24ClN3O2. The van der Waals surface area contributed by atoms with Crippen molar-refractivity contribution in [3.05, 3.63) is 17.3 Å². The number of aromatic nitrogens is 1. The maximum absolute atomic E-state index is 12.1. The van der Waals surface area contributed by atoms with Crippen LogP contribution in [0.15, 0.2) is 4.42 Å². The number of halogens is 1. The van der Waals surface area contributed by atoms with Crippen molar-refractivity contribution in [2.45, 2.75) is 46.6 Å². The van der Waals surface area contributed by atoms with E-state index >= 15 is 0 Å². The number of carbonyl (C=O) groups is 1. The van der Waals surface area contributed by atoms with E-state index in [2.05, 4.69) is 29.5 Å². The smallest absolute Gasteiger partial charge is 0.289 e. The minimum Gasteiger partial charge on any atom is -0.436 e. The first-order valence-corrected chi connectivity index (χ1v) is 6.86. The van der Waals surface area contributed by atoms with Gasteiger partial charge in [-0.05, 0) is 31.7 Å². The van der Waals surface area contributed by atoms with Crippen molar-refractivity contribution in [2.75, 3.05) is 13.1 Å². The lowest BCUT2D eigenvalue weighted by Crippen LogP contribution is -2.52. The van der Waals surface area contributed by atoms with Gasteiger partial charge in [0, 0.05) is 19.5 Å². The molecule has 0 aromatic carbocycles. The third kappa shape index (κ3) is 3.73. The standard InChI is InChI=1S/C14H23N3O2.ClH/c1-9-12(19-10(2)17-9)13(18)16-8-11-14(3,4)6-5-7-15-11;/h11,15H,5-8H2,1-4H3,(H,16,18);1H. The first kappa shape index (κ1) is 17.0. The van der Waals surface area contributed by atoms with Crippen LogP contribution >= 0.6 is 12.4 Å². The third-order valence-electron chi connectivity index (χ3n) is 3.91. The molecule has 1 saturated heterocycles. The number of piperidine rings is 1. The Morgan fingerprint density at radius 3 is 2.75 bits per heavy atom. The van der Waals surface area contributed by atoms with Crippen LogP contribution in [0.2, 0.25) is 0 Å². The summed E-state index contributed by atoms with van der Waals surface area (Å²) in [5.41, 5.74) is 0.851. The Kier molecular flexibility index (Phi) is 5.59. The summed E-state index contributed by atoms with van der Waals surface area (Å²) in [6.07, 6.45) is 2.37. The molecule has 1 aromatic rings. The second-order valence-corrected chi connectivity index (χ2v) is 5.96. The summed E-state index contributed by atoms with van der Waals surface area (Å²) in [5, 5.41) is 6.42. The topological polar surface area (TPSA) is 67.2 Å². The molecule has 0 aliphatic carbocycles. The highest BCUT2D eigenvalue weighted by molar-refractivity contribution is 5.92. The van der Waals surface area contributed by atoms with E-state index in [1.54, 1.807) is 13.8 Å². The van der Waals surface area contributed by atoms with E-state index in [9.17, 15) is 4.79 Å². The highest BCUT2D eigenvalue weighted by atomic mass is 35.5. The molecule has 5 nitrogen and oxygen atoms in total. The zero-order chi connectivity index (χ0) is 14.0. The van der Waals surface area contributed by atoms with Crippen molar-refractivity contribution in [3.63, 3.8) is 0 Å². The molecule has 114 valence electrons. The molecule has 20 heavy (non-hydrogen) atoms. The fraction of sp³-hybridized carbons (Fsp3) is 0.714. The predicted molar refractivity (Wildman–Crippen MR) is 80.4 cm³/mol. The summed E-state index contributed by atoms with van der Waals surface area (Å²) in [4.78, 5) is 16.2. The number of carbonyl (C=O) groups excluding carboxylic acids is 1. The van der Waals surface area contributed by atoms with E-state index in [0.29, 0.717) is 29.9 Å². The number of hydrogen-bond donors (Lipinski definition) is 2. The van der Waals surface area contributed by atoms with E-state index < -0.39 is 0 Å². The first-order chi connectivity index (χ1) is 8.90. The minimum atomic E-state index is -0.179. The number of aryl methyl sites for hydroxylation is 2. The molecule has 2 rings (SSSR count). The van der Waals surface area contributed by atoms with Crippen LogP contribution < -0.4 is 10.6 Å². The van der Waals surface area contributed by atoms with E-state index in [1.807, 2.05) is 0 Å². The van der Waals surface area contributed by atoms with Crippen LogP contribution in [0.3, 0.4) is 0 Å². The lowest BCUT2D eigenvalue weighted by atomic mass is 9.77. The average molecular weight is 302 g/mol. The van der Waals surface area contributed by atoms with Crippen molar-refractivity contribution in [1.82, 2.24) is 15.6 Å². The largest absolute Gasteiger partial charge is 0.436 e. The SMILES string of the molecule is Cc1nc(C)c(C(=O)NCC2NCCCC2(C)C)o1.Cl. The molecule has 2 heterocycles. The van der Waals surface area contributed by atoms with Gasteiger partial charge in [-0.15, -0.1) is 12.4 Å². The Balaban J connectivity index is 0.00000200. The molecule has 0 spiro atoms. The van der Waals surface area contributed by atoms with E-state index in [0.717, 1.165) is 6.54 Å². The van der Waals surface area contributed by atoms with Crippen LogP contribution in [0.25, 0.3) is 0 Å². The summed E-state index contributed by atoms with van der Waals surface area (Å²) in [6, 6.07) is 0.300. The van der Waals surface area contributed by atoms with Gasteiger partial charge in [0.2, 0.25) is 5.76 Å². The molecule has 0 bridgehead atoms. The number of rotatable bonds is 3. The van der Waals surface area contributed by atoms with Crippen LogP contribution in [-0.2, 0) is 0 Å². The highest BCUT2D eigenvalue weighted by Gasteiger charge is 2.32. The number of hydrogen-bond acceptors (Lipinski definition) is 4. The van der Waals surface area contributed by atoms with Gasteiger partial charge in [0.25, 0.3) is 5.91 Å². The maximum atomic E-state index is 12.1. The normalized spacial score (nSPS) is 21.1. The second kappa shape index (κ2) is 6.59. The predicted octanol–water partition coefficient (Wildman–Crippen LogP) is 2.22. The van der Waals surface area contributed by atoms with Gasteiger partial charge in [-0.1, -0.05) is 13.8 Å². The highest BCUT2D eigenvalue weighted by Crippen LogP contribution is 2.29. The number of amides is 1. The van der Waals surface area contributed by atoms with Gasteiger partial charge < -0.3 is 15.1 Å². The Bertz CT molecular complexity index is 471. The van der Waals surface area contributed by atoms with Crippen molar-refractivity contribution in [1.29, 1.82) is 0 Å². The summed E-state index contributed by atoms with van der Waals surface area (Å²) in [6.45, 7) is 9.64. The molecule has 1 aliphatic heterocycles. The summed E-state index contributed by atoms with van der Waals surface area (Å²) >= 11 is 0. The Morgan fingerprint density at radius 2 is 2.20 bits per heavy atom. The third-order valence-corrected chi connectivity index (χ3v) is 3.91. The quantitative estimate of drug-likeness (QED) is 0.898.